The first kappa shape index (κ1) is 114. The topological polar surface area (TPSA) is 677 Å². The van der Waals surface area contributed by atoms with Crippen LogP contribution in [0.4, 0.5) is 36.2 Å². The number of nitrogens with zero attached hydrogens (tertiary/aromatic N) is 5. The Kier molecular flexibility index (Phi) is 40.8. The highest BCUT2D eigenvalue weighted by Gasteiger charge is 2.53. The van der Waals surface area contributed by atoms with Crippen molar-refractivity contribution in [3.8, 4) is 28.7 Å². The van der Waals surface area contributed by atoms with E-state index in [1.54, 1.807) is 34.6 Å². The molecule has 4 fully saturated rings. The van der Waals surface area contributed by atoms with Gasteiger partial charge in [-0.15, -0.1) is 0 Å². The number of benzene rings is 4. The number of unbranched alkanes of at least 4 members (excludes halogenated alkanes) is 2. The lowest BCUT2D eigenvalue weighted by Gasteiger charge is -2.38. The second-order valence-corrected chi connectivity index (χ2v) is 36.3. The minimum absolute atomic E-state index is 0.000672. The average molecular weight is 2070 g/mol. The van der Waals surface area contributed by atoms with Crippen LogP contribution in [0.1, 0.15) is 122 Å². The van der Waals surface area contributed by atoms with Crippen LogP contribution in [0.15, 0.2) is 103 Å². The first-order valence-electron chi connectivity index (χ1n) is 47.2. The lowest BCUT2D eigenvalue weighted by atomic mass is 9.99. The number of hydrogen-bond donors (Lipinski definition) is 16. The second kappa shape index (κ2) is 52.7. The maximum absolute atomic E-state index is 15.1. The van der Waals surface area contributed by atoms with Crippen LogP contribution in [0, 0.1) is 5.92 Å². The summed E-state index contributed by atoms with van der Waals surface area (Å²) in [5.41, 5.74) is -0.227. The average Bonchev–Trinajstić information content (AvgIpc) is 1.60. The molecule has 4 saturated heterocycles. The summed E-state index contributed by atoms with van der Waals surface area (Å²) >= 11 is 0. The number of amides is 12. The maximum Gasteiger partial charge on any atom is 0.416 e. The van der Waals surface area contributed by atoms with E-state index < -0.39 is 219 Å². The summed E-state index contributed by atoms with van der Waals surface area (Å²) in [7, 11) is 2.65. The van der Waals surface area contributed by atoms with Gasteiger partial charge in [-0.25, -0.2) is 38.6 Å². The monoisotopic (exact) mass is 2070 g/mol. The van der Waals surface area contributed by atoms with Gasteiger partial charge in [0.2, 0.25) is 24.0 Å². The van der Waals surface area contributed by atoms with Crippen LogP contribution in [0.5, 0.6) is 28.7 Å². The third kappa shape index (κ3) is 29.9. The molecule has 0 bridgehead atoms. The summed E-state index contributed by atoms with van der Waals surface area (Å²) in [6, 6.07) is 8.78. The van der Waals surface area contributed by atoms with Crippen LogP contribution in [-0.2, 0) is 98.9 Å². The van der Waals surface area contributed by atoms with Crippen LogP contribution in [0.2, 0.25) is 0 Å². The molecule has 11 rings (SSSR count). The molecule has 147 heavy (non-hydrogen) atoms. The number of alkyl carbamates (subject to hydrolysis) is 2. The van der Waals surface area contributed by atoms with Crippen LogP contribution in [0.3, 0.4) is 0 Å². The van der Waals surface area contributed by atoms with Crippen molar-refractivity contribution >= 4 is 101 Å². The Hall–Kier alpha value is -13.5. The van der Waals surface area contributed by atoms with Gasteiger partial charge in [0, 0.05) is 87.2 Å². The molecule has 7 aliphatic heterocycles. The summed E-state index contributed by atoms with van der Waals surface area (Å²) in [6.45, 7) is 15.5. The molecular weight excluding hydrogens is 1950 g/mol. The third-order valence-electron chi connectivity index (χ3n) is 24.0. The zero-order valence-electron chi connectivity index (χ0n) is 81.9. The minimum Gasteiger partial charge on any atom is -0.493 e. The molecule has 7 heterocycles. The van der Waals surface area contributed by atoms with Crippen molar-refractivity contribution in [2.24, 2.45) is 5.92 Å². The zero-order valence-corrected chi connectivity index (χ0v) is 81.9. The van der Waals surface area contributed by atoms with Crippen molar-refractivity contribution < 1.29 is 194 Å². The molecule has 51 nitrogen and oxygen atoms in total. The number of aliphatic hydroxyl groups is 8. The van der Waals surface area contributed by atoms with Crippen molar-refractivity contribution in [1.82, 2.24) is 41.3 Å². The summed E-state index contributed by atoms with van der Waals surface area (Å²) in [6.07, 6.45) is -23.9. The molecule has 17 atom stereocenters. The zero-order chi connectivity index (χ0) is 107. The SMILES string of the molecule is C=C1C[C@H]2[C@H](O)N(C(=O)OCc3ccc(O[C@@H]4O[C@H](C(=O)O)[C@@H](O)[C@H](O)[C@H]4O)cc3)c3cc(OCCCCCOc4cc5c(cc4OC)C(=O)N4CC(=C)C[C@H]4[C@H](O)N5C(=O)OCc4ccc(NC(=O)[C@H](CO[C@@H]5O[C@H](C(=O)O)[C@@H](O)[C@H](O)[C@H]5O)NC(=O)[C@@H](NC(C)=O)C(C)C)cc4C(=O)NCCOCCOCCOCCOCCNC(=O)OCC[C@H](CNC(=O)OC(C)(C)C)N4C(=O)C=CC4=O)c(OC)cc3C(=O)N2C1. The number of aliphatic hydroxyl groups excluding tert-OH is 8. The molecule has 0 aromatic heterocycles. The Labute approximate surface area is 842 Å². The van der Waals surface area contributed by atoms with E-state index in [0.717, 1.165) is 33.8 Å². The second-order valence-electron chi connectivity index (χ2n) is 36.3. The standard InChI is InChI=1S/C96H125N11O40/c1-49(2)72(100-52(5)108)83(119)102-61(48-141-90-77(115)73(111)75(113)79(145-90)88(124)125)82(118)101-55-17-16-54(58(38-55)81(117)97-23-28-134-30-32-136-34-35-137-33-31-135-29-24-98-92(128)140-27-22-56(105-70(109)20-21-71(105)110)43-99-93(129)147-96(6,7)8)47-143-95(131)107-63-42-69(67(133-10)40-60(63)85(121)104-45-51(4)37-65(104)87(107)123)139-26-13-11-12-25-138-68-41-62-59(39-66(68)132-9)84(120)103-44-50(3)36-64(103)86(122)106(62)94(130)142-46-53-14-18-57(19-15-53)144-91-78(116)74(112)76(114)80(146-91)89(126)127/h14-21,38-42,49,56,61,64-65,72-80,86-87,90-91,111-116,122-123H,3-4,11-13,22-37,43-48H2,1-2,5-10H3,(H,97,117)(H,98,128)(H,99,129)(H,100,108)(H,101,118)(H,102,119)(H,124,125)(H,126,127)/t56-,61+,64+,65+,72+,73+,74+,75+,76+,77-,78-,79+,80+,86+,87+,90-,91-/m1/s1. The number of carbonyl (C=O) groups is 14. The van der Waals surface area contributed by atoms with Gasteiger partial charge in [-0.05, 0) is 101 Å². The van der Waals surface area contributed by atoms with Gasteiger partial charge >= 0.3 is 36.3 Å². The molecule has 0 aliphatic carbocycles. The molecule has 0 spiro atoms. The Balaban J connectivity index is 0.719. The smallest absolute Gasteiger partial charge is 0.416 e. The molecule has 0 saturated carbocycles. The molecule has 12 amide bonds. The number of imide groups is 1. The van der Waals surface area contributed by atoms with E-state index >= 15 is 4.79 Å². The molecule has 4 aromatic rings. The largest absolute Gasteiger partial charge is 0.493 e. The van der Waals surface area contributed by atoms with E-state index in [1.807, 2.05) is 0 Å². The number of methoxy groups -OCH3 is 2. The van der Waals surface area contributed by atoms with E-state index in [9.17, 15) is 113 Å². The number of carbonyl (C=O) groups excluding carboxylic acids is 12. The van der Waals surface area contributed by atoms with Gasteiger partial charge in [0.1, 0.15) is 73.3 Å². The van der Waals surface area contributed by atoms with Gasteiger partial charge in [-0.1, -0.05) is 56.4 Å². The molecule has 0 unspecified atom stereocenters. The maximum atomic E-state index is 15.1. The van der Waals surface area contributed by atoms with E-state index in [2.05, 4.69) is 45.1 Å². The minimum atomic E-state index is -2.14. The predicted molar refractivity (Wildman–Crippen MR) is 505 cm³/mol. The van der Waals surface area contributed by atoms with E-state index in [-0.39, 0.29) is 193 Å². The van der Waals surface area contributed by atoms with E-state index in [4.69, 9.17) is 75.8 Å². The molecular formula is C96H125N11O40. The number of anilines is 3. The number of aliphatic carboxylic acids is 2. The summed E-state index contributed by atoms with van der Waals surface area (Å²) in [5, 5.41) is 122. The van der Waals surface area contributed by atoms with Gasteiger partial charge in [0.25, 0.3) is 29.5 Å². The van der Waals surface area contributed by atoms with Crippen molar-refractivity contribution in [2.75, 3.05) is 141 Å². The first-order chi connectivity index (χ1) is 70.0. The highest BCUT2D eigenvalue weighted by atomic mass is 16.7. The molecule has 16 N–H and O–H groups in total. The van der Waals surface area contributed by atoms with Crippen LogP contribution in [0.25, 0.3) is 0 Å². The highest BCUT2D eigenvalue weighted by molar-refractivity contribution is 6.13. The number of carboxylic acids is 2. The first-order valence-corrected chi connectivity index (χ1v) is 47.2. The summed E-state index contributed by atoms with van der Waals surface area (Å²) in [5.74, 6) is -9.63. The van der Waals surface area contributed by atoms with Crippen molar-refractivity contribution in [3.05, 3.63) is 131 Å². The third-order valence-corrected chi connectivity index (χ3v) is 24.0. The number of ether oxygens (including phenoxy) is 16. The van der Waals surface area contributed by atoms with E-state index in [0.29, 0.717) is 36.0 Å². The lowest BCUT2D eigenvalue weighted by molar-refractivity contribution is -0.294. The van der Waals surface area contributed by atoms with Crippen molar-refractivity contribution in [3.63, 3.8) is 0 Å². The number of fused-ring (bicyclic) bond motifs is 4. The van der Waals surface area contributed by atoms with Gasteiger partial charge in [-0.3, -0.25) is 43.3 Å². The Morgan fingerprint density at radius 1 is 0.531 bits per heavy atom. The fourth-order valence-electron chi connectivity index (χ4n) is 16.6. The molecule has 0 radical (unpaired) electrons. The van der Waals surface area contributed by atoms with Gasteiger partial charge in [0.15, 0.2) is 54.0 Å². The van der Waals surface area contributed by atoms with Crippen LogP contribution < -0.4 is 65.4 Å². The Morgan fingerprint density at radius 3 is 1.52 bits per heavy atom. The highest BCUT2D eigenvalue weighted by Crippen LogP contribution is 2.45. The normalized spacial score (nSPS) is 22.7. The number of hydrogen-bond acceptors (Lipinski definition) is 38. The summed E-state index contributed by atoms with van der Waals surface area (Å²) in [4.78, 5) is 193. The quantitative estimate of drug-likeness (QED) is 0.0122. The van der Waals surface area contributed by atoms with Crippen molar-refractivity contribution in [1.29, 1.82) is 0 Å². The molecule has 4 aromatic carbocycles. The lowest BCUT2D eigenvalue weighted by Crippen LogP contribution is -2.61. The van der Waals surface area contributed by atoms with Gasteiger partial charge in [-0.2, -0.15) is 0 Å². The molecule has 51 heteroatoms. The number of rotatable bonds is 49. The van der Waals surface area contributed by atoms with Gasteiger partial charge < -0.3 is 169 Å². The van der Waals surface area contributed by atoms with Crippen LogP contribution in [-0.4, -0.2) is 385 Å². The number of carboxylic acid groups (broad SMARTS) is 2. The molecule has 7 aliphatic rings. The fraction of sp³-hybridized carbons (Fsp3) is 0.542. The van der Waals surface area contributed by atoms with Gasteiger partial charge in [0.05, 0.1) is 134 Å². The summed E-state index contributed by atoms with van der Waals surface area (Å²) < 4.78 is 90.4. The predicted octanol–water partition coefficient (Wildman–Crippen LogP) is 0.318. The van der Waals surface area contributed by atoms with Crippen LogP contribution >= 0.6 is 0 Å². The fourth-order valence-corrected chi connectivity index (χ4v) is 16.6. The Bertz CT molecular complexity index is 5410. The van der Waals surface area contributed by atoms with E-state index in [1.165, 1.54) is 90.7 Å². The van der Waals surface area contributed by atoms with Crippen molar-refractivity contribution in [2.45, 2.75) is 203 Å². The molecule has 804 valence electrons. The number of nitrogens with one attached hydrogen (secondary N) is 6. The Morgan fingerprint density at radius 2 is 1.03 bits per heavy atom.